The van der Waals surface area contributed by atoms with E-state index in [1.165, 1.54) is 22.0 Å². The molecule has 1 aromatic heterocycles. The van der Waals surface area contributed by atoms with Crippen LogP contribution in [0.2, 0.25) is 0 Å². The number of nitrogens with zero attached hydrogens (tertiary/aromatic N) is 1. The van der Waals surface area contributed by atoms with Crippen LogP contribution in [-0.2, 0) is 14.4 Å². The minimum Gasteiger partial charge on any atom is -0.477 e. The Labute approximate surface area is 143 Å². The van der Waals surface area contributed by atoms with Crippen LogP contribution in [0, 0.1) is 5.41 Å². The summed E-state index contributed by atoms with van der Waals surface area (Å²) in [5, 5.41) is 30.0. The third-order valence-corrected chi connectivity index (χ3v) is 5.90. The molecule has 2 amide bonds. The van der Waals surface area contributed by atoms with Gasteiger partial charge in [-0.2, -0.15) is 0 Å². The lowest BCUT2D eigenvalue weighted by molar-refractivity contribution is -0.151. The topological polar surface area (TPSA) is 147 Å². The maximum Gasteiger partial charge on any atom is 0.352 e. The van der Waals surface area contributed by atoms with E-state index in [0.717, 1.165) is 11.3 Å². The summed E-state index contributed by atoms with van der Waals surface area (Å²) >= 11 is 2.39. The van der Waals surface area contributed by atoms with E-state index in [-0.39, 0.29) is 16.2 Å². The molecular formula is C13H14N4O5S2. The number of aliphatic hydroxyl groups is 1. The Balaban J connectivity index is 1.72. The number of thiazole rings is 1. The lowest BCUT2D eigenvalue weighted by Gasteiger charge is -2.49. The van der Waals surface area contributed by atoms with Gasteiger partial charge in [0.15, 0.2) is 10.9 Å². The second-order valence-corrected chi connectivity index (χ2v) is 7.36. The highest BCUT2D eigenvalue weighted by atomic mass is 32.2. The summed E-state index contributed by atoms with van der Waals surface area (Å²) < 4.78 is 0. The highest BCUT2D eigenvalue weighted by Gasteiger charge is 2.54. The van der Waals surface area contributed by atoms with Gasteiger partial charge in [-0.3, -0.25) is 19.9 Å². The number of amides is 2. The van der Waals surface area contributed by atoms with Crippen molar-refractivity contribution in [3.05, 3.63) is 27.1 Å². The van der Waals surface area contributed by atoms with Crippen LogP contribution in [0.1, 0.15) is 18.7 Å². The molecule has 2 aliphatic rings. The van der Waals surface area contributed by atoms with E-state index in [2.05, 4.69) is 10.3 Å². The lowest BCUT2D eigenvalue weighted by Crippen LogP contribution is -2.70. The quantitative estimate of drug-likeness (QED) is 0.445. The molecule has 5 N–H and O–H groups in total. The Morgan fingerprint density at radius 1 is 1.54 bits per heavy atom. The summed E-state index contributed by atoms with van der Waals surface area (Å²) in [6, 6.07) is -0.881. The number of fused-ring (bicyclic) bond motifs is 1. The summed E-state index contributed by atoms with van der Waals surface area (Å²) in [7, 11) is 0. The third-order valence-electron chi connectivity index (χ3n) is 3.76. The van der Waals surface area contributed by atoms with Crippen molar-refractivity contribution in [2.24, 2.45) is 0 Å². The molecule has 0 bridgehead atoms. The van der Waals surface area contributed by atoms with Gasteiger partial charge < -0.3 is 20.5 Å². The first-order valence-electron chi connectivity index (χ1n) is 6.89. The number of hydrogen-bond donors (Lipinski definition) is 5. The number of carbonyl (C=O) groups excluding carboxylic acids is 2. The van der Waals surface area contributed by atoms with Crippen LogP contribution in [0.3, 0.4) is 0 Å². The fourth-order valence-corrected chi connectivity index (χ4v) is 4.50. The second kappa shape index (κ2) is 6.07. The highest BCUT2D eigenvalue weighted by molar-refractivity contribution is 8.00. The summed E-state index contributed by atoms with van der Waals surface area (Å²) in [5.74, 6) is -2.01. The molecule has 0 radical (unpaired) electrons. The summed E-state index contributed by atoms with van der Waals surface area (Å²) in [6.07, 6.45) is -1.52. The third kappa shape index (κ3) is 2.64. The van der Waals surface area contributed by atoms with Crippen LogP contribution in [-0.4, -0.2) is 55.0 Å². The molecule has 0 spiro atoms. The fraction of sp³-hybridized carbons (Fsp3) is 0.385. The van der Waals surface area contributed by atoms with E-state index >= 15 is 0 Å². The molecule has 3 atom stereocenters. The van der Waals surface area contributed by atoms with Crippen molar-refractivity contribution < 1.29 is 24.6 Å². The molecule has 9 nitrogen and oxygen atoms in total. The van der Waals surface area contributed by atoms with E-state index < -0.39 is 35.3 Å². The van der Waals surface area contributed by atoms with Crippen molar-refractivity contribution in [3.63, 3.8) is 0 Å². The van der Waals surface area contributed by atoms with Gasteiger partial charge in [-0.05, 0) is 12.5 Å². The predicted molar refractivity (Wildman–Crippen MR) is 84.8 cm³/mol. The molecule has 128 valence electrons. The monoisotopic (exact) mass is 370 g/mol. The minimum absolute atomic E-state index is 0.0418. The van der Waals surface area contributed by atoms with Crippen LogP contribution in [0.15, 0.2) is 16.7 Å². The van der Waals surface area contributed by atoms with Crippen molar-refractivity contribution in [1.82, 2.24) is 15.2 Å². The van der Waals surface area contributed by atoms with E-state index in [0.29, 0.717) is 11.3 Å². The largest absolute Gasteiger partial charge is 0.477 e. The van der Waals surface area contributed by atoms with Crippen LogP contribution < -0.4 is 10.1 Å². The number of carboxylic acids is 1. The highest BCUT2D eigenvalue weighted by Crippen LogP contribution is 2.40. The number of H-pyrrole nitrogens is 1. The van der Waals surface area contributed by atoms with Gasteiger partial charge in [0.2, 0.25) is 0 Å². The molecule has 1 fully saturated rings. The normalized spacial score (nSPS) is 24.2. The molecule has 0 saturated carbocycles. The minimum atomic E-state index is -1.52. The molecule has 0 aromatic carbocycles. The SMILES string of the molecule is CC1=C(C(=O)O)N2C(=O)C(NC(=O)C(O)c3csc(=N)[nH]3)[C@H]2SC1. The number of hydrogen-bond acceptors (Lipinski definition) is 7. The number of aromatic nitrogens is 1. The number of carboxylic acid groups (broad SMARTS) is 1. The Bertz CT molecular complexity index is 813. The zero-order valence-corrected chi connectivity index (χ0v) is 14.0. The molecule has 1 saturated heterocycles. The van der Waals surface area contributed by atoms with E-state index in [9.17, 15) is 24.6 Å². The Hall–Kier alpha value is -2.11. The fourth-order valence-electron chi connectivity index (χ4n) is 2.59. The van der Waals surface area contributed by atoms with Gasteiger partial charge in [-0.25, -0.2) is 4.79 Å². The molecule has 2 unspecified atom stereocenters. The van der Waals surface area contributed by atoms with Gasteiger partial charge >= 0.3 is 5.97 Å². The van der Waals surface area contributed by atoms with Crippen LogP contribution >= 0.6 is 23.1 Å². The molecule has 3 rings (SSSR count). The van der Waals surface area contributed by atoms with Gasteiger partial charge in [-0.1, -0.05) is 0 Å². The van der Waals surface area contributed by atoms with Crippen molar-refractivity contribution in [1.29, 1.82) is 5.41 Å². The molecular weight excluding hydrogens is 356 g/mol. The van der Waals surface area contributed by atoms with Crippen molar-refractivity contribution >= 4 is 40.9 Å². The average molecular weight is 370 g/mol. The van der Waals surface area contributed by atoms with Gasteiger partial charge in [0.25, 0.3) is 11.8 Å². The Kier molecular flexibility index (Phi) is 4.24. The van der Waals surface area contributed by atoms with Gasteiger partial charge in [-0.15, -0.1) is 23.1 Å². The average Bonchev–Trinajstić information content (AvgIpc) is 2.97. The van der Waals surface area contributed by atoms with Gasteiger partial charge in [0.1, 0.15) is 17.1 Å². The molecule has 0 aliphatic carbocycles. The number of aromatic amines is 1. The van der Waals surface area contributed by atoms with E-state index in [1.54, 1.807) is 6.92 Å². The summed E-state index contributed by atoms with van der Waals surface area (Å²) in [6.45, 7) is 1.65. The Morgan fingerprint density at radius 2 is 2.25 bits per heavy atom. The second-order valence-electron chi connectivity index (χ2n) is 5.38. The van der Waals surface area contributed by atoms with Crippen molar-refractivity contribution in [2.75, 3.05) is 5.75 Å². The van der Waals surface area contributed by atoms with E-state index in [1.807, 2.05) is 0 Å². The smallest absolute Gasteiger partial charge is 0.352 e. The number of rotatable bonds is 4. The molecule has 2 aliphatic heterocycles. The number of aliphatic carboxylic acids is 1. The number of nitrogens with one attached hydrogen (secondary N) is 3. The first-order valence-corrected chi connectivity index (χ1v) is 8.82. The molecule has 1 aromatic rings. The van der Waals surface area contributed by atoms with Crippen LogP contribution in [0.4, 0.5) is 0 Å². The van der Waals surface area contributed by atoms with E-state index in [4.69, 9.17) is 5.41 Å². The number of carbonyl (C=O) groups is 3. The maximum atomic E-state index is 12.2. The predicted octanol–water partition coefficient (Wildman–Crippen LogP) is -0.652. The van der Waals surface area contributed by atoms with Crippen LogP contribution in [0.25, 0.3) is 0 Å². The first kappa shape index (κ1) is 16.7. The first-order chi connectivity index (χ1) is 11.3. The summed E-state index contributed by atoms with van der Waals surface area (Å²) in [5.41, 5.74) is 0.724. The van der Waals surface area contributed by atoms with Gasteiger partial charge in [0.05, 0.1) is 5.69 Å². The summed E-state index contributed by atoms with van der Waals surface area (Å²) in [4.78, 5) is 39.5. The number of β-lactam (4-membered cyclic amide) rings is 1. The zero-order chi connectivity index (χ0) is 17.6. The standard InChI is InChI=1S/C13H14N4O5S2/c1-4-2-23-11-6(10(20)17(11)7(4)12(21)22)16-9(19)8(18)5-3-24-13(14)15-5/h3,6,8,11,18H,2H2,1H3,(H2,14,15)(H,16,19)(H,21,22)/t6?,8?,11-/m1/s1. The molecule has 24 heavy (non-hydrogen) atoms. The van der Waals surface area contributed by atoms with Crippen molar-refractivity contribution in [3.8, 4) is 0 Å². The van der Waals surface area contributed by atoms with Crippen molar-refractivity contribution in [2.45, 2.75) is 24.4 Å². The number of aliphatic hydroxyl groups excluding tert-OH is 1. The Morgan fingerprint density at radius 3 is 2.83 bits per heavy atom. The molecule has 11 heteroatoms. The molecule has 3 heterocycles. The lowest BCUT2D eigenvalue weighted by atomic mass is 10.0. The number of thioether (sulfide) groups is 1. The van der Waals surface area contributed by atoms with Crippen LogP contribution in [0.5, 0.6) is 0 Å². The van der Waals surface area contributed by atoms with Gasteiger partial charge in [0, 0.05) is 11.1 Å². The maximum absolute atomic E-state index is 12.2. The zero-order valence-electron chi connectivity index (χ0n) is 12.4.